The van der Waals surface area contributed by atoms with Crippen molar-refractivity contribution < 1.29 is 19.2 Å². The number of Topliss-reactive ketones (excluding diaryl/α,β-unsaturated/α-hetero) is 4. The van der Waals surface area contributed by atoms with Crippen LogP contribution in [0.5, 0.6) is 0 Å². The summed E-state index contributed by atoms with van der Waals surface area (Å²) in [6, 6.07) is 0. The van der Waals surface area contributed by atoms with Crippen molar-refractivity contribution >= 4 is 34.9 Å². The van der Waals surface area contributed by atoms with Gasteiger partial charge >= 0.3 is 0 Å². The molecule has 0 saturated carbocycles. The molecule has 0 amide bonds. The lowest BCUT2D eigenvalue weighted by Gasteiger charge is -2.49. The Balaban J connectivity index is 3.08. The molecule has 4 nitrogen and oxygen atoms in total. The molecule has 0 atom stereocenters. The van der Waals surface area contributed by atoms with Crippen LogP contribution in [0.15, 0.2) is 0 Å². The maximum absolute atomic E-state index is 11.5. The van der Waals surface area contributed by atoms with Gasteiger partial charge in [0.15, 0.2) is 23.1 Å². The van der Waals surface area contributed by atoms with Gasteiger partial charge in [-0.1, -0.05) is 0 Å². The molecule has 5 heteroatoms. The minimum atomic E-state index is -1.18. The van der Waals surface area contributed by atoms with E-state index in [9.17, 15) is 19.2 Å². The zero-order valence-corrected chi connectivity index (χ0v) is 10.6. The molecule has 1 fully saturated rings. The summed E-state index contributed by atoms with van der Waals surface area (Å²) in [6.45, 7) is 5.27. The Morgan fingerprint density at radius 3 is 1.06 bits per heavy atom. The molecular formula is C11H14O4S. The van der Waals surface area contributed by atoms with Gasteiger partial charge in [-0.15, -0.1) is 11.8 Å². The highest BCUT2D eigenvalue weighted by molar-refractivity contribution is 8.06. The second-order valence-corrected chi connectivity index (χ2v) is 5.76. The van der Waals surface area contributed by atoms with Crippen LogP contribution in [0.1, 0.15) is 34.1 Å². The summed E-state index contributed by atoms with van der Waals surface area (Å²) in [6.07, 6.45) is 0.0139. The van der Waals surface area contributed by atoms with E-state index in [1.807, 2.05) is 0 Å². The summed E-state index contributed by atoms with van der Waals surface area (Å²) in [5.41, 5.74) is 0. The predicted molar refractivity (Wildman–Crippen MR) is 60.4 cm³/mol. The lowest BCUT2D eigenvalue weighted by Crippen LogP contribution is -2.64. The lowest BCUT2D eigenvalue weighted by atomic mass is 9.81. The molecule has 1 rings (SSSR count). The van der Waals surface area contributed by atoms with Gasteiger partial charge in [-0.05, 0) is 27.7 Å². The molecule has 1 heterocycles. The highest BCUT2D eigenvalue weighted by atomic mass is 32.2. The average Bonchev–Trinajstić information content (AvgIpc) is 1.98. The van der Waals surface area contributed by atoms with E-state index in [4.69, 9.17) is 0 Å². The Kier molecular flexibility index (Phi) is 3.11. The molecule has 0 spiro atoms. The fourth-order valence-corrected chi connectivity index (χ4v) is 3.42. The van der Waals surface area contributed by atoms with Crippen LogP contribution < -0.4 is 0 Å². The first-order valence-electron chi connectivity index (χ1n) is 4.93. The fourth-order valence-electron chi connectivity index (χ4n) is 1.92. The van der Waals surface area contributed by atoms with Crippen molar-refractivity contribution in [3.05, 3.63) is 0 Å². The van der Waals surface area contributed by atoms with Crippen LogP contribution in [0.3, 0.4) is 0 Å². The average molecular weight is 242 g/mol. The van der Waals surface area contributed by atoms with Gasteiger partial charge in [0.05, 0.1) is 0 Å². The standard InChI is InChI=1S/C11H14O4S/c1-6(12)10(7(2)13)5-11(16-10,8(3)14)9(4)15/h5H2,1-4H3. The molecule has 16 heavy (non-hydrogen) atoms. The van der Waals surface area contributed by atoms with E-state index in [1.165, 1.54) is 27.7 Å². The molecule has 1 saturated heterocycles. The van der Waals surface area contributed by atoms with Gasteiger partial charge in [0, 0.05) is 6.42 Å². The van der Waals surface area contributed by atoms with Crippen molar-refractivity contribution in [1.29, 1.82) is 0 Å². The molecule has 0 aromatic carbocycles. The number of ketones is 4. The molecule has 1 aliphatic rings. The van der Waals surface area contributed by atoms with E-state index in [0.29, 0.717) is 0 Å². The Morgan fingerprint density at radius 1 is 0.750 bits per heavy atom. The first kappa shape index (κ1) is 13.1. The quantitative estimate of drug-likeness (QED) is 0.687. The van der Waals surface area contributed by atoms with Crippen LogP contribution in [-0.4, -0.2) is 32.6 Å². The summed E-state index contributed by atoms with van der Waals surface area (Å²) in [5, 5.41) is 0. The van der Waals surface area contributed by atoms with Crippen LogP contribution >= 0.6 is 11.8 Å². The minimum Gasteiger partial charge on any atom is -0.298 e. The van der Waals surface area contributed by atoms with Crippen molar-refractivity contribution in [1.82, 2.24) is 0 Å². The normalized spacial score (nSPS) is 20.8. The first-order chi connectivity index (χ1) is 7.19. The minimum absolute atomic E-state index is 0.0139. The van der Waals surface area contributed by atoms with Crippen LogP contribution in [0.25, 0.3) is 0 Å². The van der Waals surface area contributed by atoms with Crippen molar-refractivity contribution in [3.63, 3.8) is 0 Å². The van der Waals surface area contributed by atoms with Gasteiger partial charge in [-0.25, -0.2) is 0 Å². The van der Waals surface area contributed by atoms with Crippen LogP contribution in [0, 0.1) is 0 Å². The Bertz CT molecular complexity index is 323. The summed E-state index contributed by atoms with van der Waals surface area (Å²) < 4.78 is -2.37. The van der Waals surface area contributed by atoms with Gasteiger partial charge in [0.2, 0.25) is 0 Å². The summed E-state index contributed by atoms with van der Waals surface area (Å²) in [7, 11) is 0. The van der Waals surface area contributed by atoms with Gasteiger partial charge < -0.3 is 0 Å². The number of carbonyl (C=O) groups is 4. The smallest absolute Gasteiger partial charge is 0.153 e. The van der Waals surface area contributed by atoms with E-state index < -0.39 is 9.49 Å². The lowest BCUT2D eigenvalue weighted by molar-refractivity contribution is -0.133. The SMILES string of the molecule is CC(=O)C1(C(C)=O)CC(C(C)=O)(C(C)=O)S1. The predicted octanol–water partition coefficient (Wildman–Crippen LogP) is 0.957. The van der Waals surface area contributed by atoms with Gasteiger partial charge in [0.25, 0.3) is 0 Å². The molecule has 0 unspecified atom stereocenters. The molecule has 0 bridgehead atoms. The Morgan fingerprint density at radius 2 is 0.938 bits per heavy atom. The van der Waals surface area contributed by atoms with Crippen molar-refractivity contribution in [2.24, 2.45) is 0 Å². The van der Waals surface area contributed by atoms with Gasteiger partial charge in [0.1, 0.15) is 9.49 Å². The highest BCUT2D eigenvalue weighted by Gasteiger charge is 2.65. The largest absolute Gasteiger partial charge is 0.298 e. The molecule has 0 aliphatic carbocycles. The Hall–Kier alpha value is -0.970. The van der Waals surface area contributed by atoms with Gasteiger partial charge in [-0.2, -0.15) is 0 Å². The number of hydrogen-bond donors (Lipinski definition) is 0. The molecule has 88 valence electrons. The van der Waals surface area contributed by atoms with Crippen LogP contribution in [-0.2, 0) is 19.2 Å². The Labute approximate surface area is 98.2 Å². The second-order valence-electron chi connectivity index (χ2n) is 4.16. The van der Waals surface area contributed by atoms with Gasteiger partial charge in [-0.3, -0.25) is 19.2 Å². The summed E-state index contributed by atoms with van der Waals surface area (Å²) in [5.74, 6) is -1.16. The third kappa shape index (κ3) is 1.54. The molecular weight excluding hydrogens is 228 g/mol. The number of hydrogen-bond acceptors (Lipinski definition) is 5. The van der Waals surface area contributed by atoms with E-state index in [-0.39, 0.29) is 29.6 Å². The molecule has 0 aromatic rings. The fraction of sp³-hybridized carbons (Fsp3) is 0.636. The topological polar surface area (TPSA) is 68.3 Å². The summed E-state index contributed by atoms with van der Waals surface area (Å²) in [4.78, 5) is 45.8. The summed E-state index contributed by atoms with van der Waals surface area (Å²) >= 11 is 0.903. The van der Waals surface area contributed by atoms with E-state index in [1.54, 1.807) is 0 Å². The van der Waals surface area contributed by atoms with Crippen molar-refractivity contribution in [2.45, 2.75) is 43.6 Å². The maximum Gasteiger partial charge on any atom is 0.153 e. The number of carbonyl (C=O) groups excluding carboxylic acids is 4. The van der Waals surface area contributed by atoms with Crippen LogP contribution in [0.2, 0.25) is 0 Å². The number of thioether (sulfide) groups is 1. The second kappa shape index (κ2) is 3.80. The zero-order chi connectivity index (χ0) is 12.7. The maximum atomic E-state index is 11.5. The first-order valence-corrected chi connectivity index (χ1v) is 5.75. The van der Waals surface area contributed by atoms with E-state index in [2.05, 4.69) is 0 Å². The third-order valence-electron chi connectivity index (χ3n) is 3.12. The molecule has 1 aliphatic heterocycles. The van der Waals surface area contributed by atoms with E-state index in [0.717, 1.165) is 11.8 Å². The van der Waals surface area contributed by atoms with E-state index >= 15 is 0 Å². The van der Waals surface area contributed by atoms with Crippen LogP contribution in [0.4, 0.5) is 0 Å². The number of rotatable bonds is 4. The zero-order valence-electron chi connectivity index (χ0n) is 9.75. The monoisotopic (exact) mass is 242 g/mol. The molecule has 0 aromatic heterocycles. The van der Waals surface area contributed by atoms with Crippen molar-refractivity contribution in [2.75, 3.05) is 0 Å². The highest BCUT2D eigenvalue weighted by Crippen LogP contribution is 2.57. The van der Waals surface area contributed by atoms with Crippen molar-refractivity contribution in [3.8, 4) is 0 Å². The molecule has 0 radical (unpaired) electrons. The third-order valence-corrected chi connectivity index (χ3v) is 5.26. The molecule has 0 N–H and O–H groups in total.